The minimum atomic E-state index is 0.0264. The number of methoxy groups -OCH3 is 1. The van der Waals surface area contributed by atoms with E-state index in [-0.39, 0.29) is 23.3 Å². The first-order valence-electron chi connectivity index (χ1n) is 17.4. The van der Waals surface area contributed by atoms with Crippen molar-refractivity contribution < 1.29 is 9.53 Å². The molecule has 1 aliphatic heterocycles. The third kappa shape index (κ3) is 11.8. The largest absolute Gasteiger partial charge is 0.497 e. The van der Waals surface area contributed by atoms with Gasteiger partial charge in [-0.1, -0.05) is 109 Å². The van der Waals surface area contributed by atoms with Crippen molar-refractivity contribution in [2.45, 2.75) is 92.5 Å². The topological polar surface area (TPSA) is 50.4 Å². The lowest BCUT2D eigenvalue weighted by atomic mass is 9.69. The molecule has 0 spiro atoms. The van der Waals surface area contributed by atoms with E-state index in [2.05, 4.69) is 114 Å². The zero-order valence-corrected chi connectivity index (χ0v) is 29.4. The Morgan fingerprint density at radius 3 is 2.40 bits per heavy atom. The van der Waals surface area contributed by atoms with E-state index in [0.717, 1.165) is 68.6 Å². The van der Waals surface area contributed by atoms with Crippen LogP contribution in [0.4, 0.5) is 0 Å². The fourth-order valence-corrected chi connectivity index (χ4v) is 7.07. The Balaban J connectivity index is 1.83. The SMILES string of the molecule is C=C1CC(CC(C)C)C(=O)C[C@H](C(C)C(C)CC2(C)C=CC=CC2)C/C=C/CN[C@H](Cc2ccc(OC)cc2)C(=C)NCC1C. The van der Waals surface area contributed by atoms with Crippen LogP contribution in [0.5, 0.6) is 5.75 Å². The van der Waals surface area contributed by atoms with Gasteiger partial charge in [-0.15, -0.1) is 0 Å². The Hall–Kier alpha value is -2.85. The molecule has 0 radical (unpaired) electrons. The fraction of sp³-hybridized carbons (Fsp3) is 0.585. The highest BCUT2D eigenvalue weighted by molar-refractivity contribution is 5.81. The molecule has 0 saturated heterocycles. The van der Waals surface area contributed by atoms with Crippen molar-refractivity contribution in [2.75, 3.05) is 20.2 Å². The highest BCUT2D eigenvalue weighted by atomic mass is 16.5. The molecule has 0 bridgehead atoms. The summed E-state index contributed by atoms with van der Waals surface area (Å²) in [6.45, 7) is 24.3. The van der Waals surface area contributed by atoms with Crippen LogP contribution in [0, 0.1) is 40.9 Å². The summed E-state index contributed by atoms with van der Waals surface area (Å²) in [4.78, 5) is 14.1. The van der Waals surface area contributed by atoms with Gasteiger partial charge in [0.1, 0.15) is 11.5 Å². The molecule has 0 saturated carbocycles. The van der Waals surface area contributed by atoms with Crippen LogP contribution in [-0.4, -0.2) is 32.0 Å². The highest BCUT2D eigenvalue weighted by Gasteiger charge is 2.32. The fourth-order valence-electron chi connectivity index (χ4n) is 7.07. The van der Waals surface area contributed by atoms with Crippen molar-refractivity contribution in [3.63, 3.8) is 0 Å². The number of Topliss-reactive ketones (excluding diaryl/α,β-unsaturated/α-hetero) is 1. The first-order chi connectivity index (χ1) is 21.4. The minimum absolute atomic E-state index is 0.0264. The number of allylic oxidation sites excluding steroid dienone is 5. The molecule has 1 aliphatic carbocycles. The number of benzene rings is 1. The smallest absolute Gasteiger partial charge is 0.136 e. The van der Waals surface area contributed by atoms with Crippen molar-refractivity contribution >= 4 is 5.78 Å². The normalized spacial score (nSPS) is 29.3. The second-order valence-electron chi connectivity index (χ2n) is 14.8. The molecular formula is C41H62N2O2. The standard InChI is InChI=1S/C41H62N2O2/c1-29(2)23-37-24-30(3)32(5)28-43-34(7)39(25-35-16-18-38(45-9)19-17-35)42-22-14-11-15-36(26-40(37)44)33(6)31(4)27-41(8)20-12-10-13-21-41/h10-14,16-20,29,31-33,36-37,39,42-43H,3,7,15,21-28H2,1-2,4-6,8-9H3/b14-11+/t31?,32?,33?,36-,37?,39-,41?/m1/s1. The second kappa shape index (κ2) is 17.7. The third-order valence-corrected chi connectivity index (χ3v) is 10.4. The molecule has 2 aliphatic rings. The summed E-state index contributed by atoms with van der Waals surface area (Å²) >= 11 is 0. The Labute approximate surface area is 275 Å². The zero-order chi connectivity index (χ0) is 33.0. The summed E-state index contributed by atoms with van der Waals surface area (Å²) < 4.78 is 5.36. The summed E-state index contributed by atoms with van der Waals surface area (Å²) in [6, 6.07) is 8.38. The number of carbonyl (C=O) groups excluding carboxylic acids is 1. The van der Waals surface area contributed by atoms with Crippen LogP contribution in [0.2, 0.25) is 0 Å². The maximum atomic E-state index is 14.1. The molecule has 0 fully saturated rings. The van der Waals surface area contributed by atoms with Crippen molar-refractivity contribution in [2.24, 2.45) is 40.9 Å². The van der Waals surface area contributed by atoms with Gasteiger partial charge in [-0.05, 0) is 91.2 Å². The van der Waals surface area contributed by atoms with Crippen molar-refractivity contribution in [1.29, 1.82) is 0 Å². The summed E-state index contributed by atoms with van der Waals surface area (Å²) in [6.07, 6.45) is 19.9. The van der Waals surface area contributed by atoms with Gasteiger partial charge in [0.25, 0.3) is 0 Å². The number of hydrogen-bond donors (Lipinski definition) is 2. The predicted molar refractivity (Wildman–Crippen MR) is 192 cm³/mol. The van der Waals surface area contributed by atoms with Gasteiger partial charge >= 0.3 is 0 Å². The van der Waals surface area contributed by atoms with Gasteiger partial charge in [0.15, 0.2) is 0 Å². The molecule has 1 aromatic carbocycles. The van der Waals surface area contributed by atoms with Crippen molar-refractivity contribution in [1.82, 2.24) is 10.6 Å². The molecule has 248 valence electrons. The van der Waals surface area contributed by atoms with Crippen LogP contribution >= 0.6 is 0 Å². The van der Waals surface area contributed by atoms with Gasteiger partial charge in [0.2, 0.25) is 0 Å². The molecule has 5 unspecified atom stereocenters. The first kappa shape index (κ1) is 36.6. The summed E-state index contributed by atoms with van der Waals surface area (Å²) in [5.74, 6) is 3.30. The molecule has 1 aromatic rings. The number of ether oxygens (including phenoxy) is 1. The maximum Gasteiger partial charge on any atom is 0.136 e. The Bertz CT molecular complexity index is 1190. The lowest BCUT2D eigenvalue weighted by molar-refractivity contribution is -0.124. The summed E-state index contributed by atoms with van der Waals surface area (Å²) in [7, 11) is 1.70. The number of ketones is 1. The summed E-state index contributed by atoms with van der Waals surface area (Å²) in [5.41, 5.74) is 3.57. The number of hydrogen-bond acceptors (Lipinski definition) is 4. The first-order valence-corrected chi connectivity index (χ1v) is 17.4. The van der Waals surface area contributed by atoms with Crippen LogP contribution in [-0.2, 0) is 11.2 Å². The molecule has 45 heavy (non-hydrogen) atoms. The predicted octanol–water partition coefficient (Wildman–Crippen LogP) is 9.26. The van der Waals surface area contributed by atoms with E-state index in [1.54, 1.807) is 7.11 Å². The van der Waals surface area contributed by atoms with E-state index in [1.807, 2.05) is 12.1 Å². The van der Waals surface area contributed by atoms with E-state index < -0.39 is 0 Å². The van der Waals surface area contributed by atoms with Crippen molar-refractivity contribution in [3.8, 4) is 5.75 Å². The van der Waals surface area contributed by atoms with E-state index >= 15 is 0 Å². The Morgan fingerprint density at radius 1 is 1.02 bits per heavy atom. The van der Waals surface area contributed by atoms with E-state index in [1.165, 1.54) is 5.56 Å². The molecule has 7 atom stereocenters. The Kier molecular flexibility index (Phi) is 14.4. The minimum Gasteiger partial charge on any atom is -0.497 e. The zero-order valence-electron chi connectivity index (χ0n) is 29.4. The van der Waals surface area contributed by atoms with Crippen LogP contribution in [0.25, 0.3) is 0 Å². The van der Waals surface area contributed by atoms with Gasteiger partial charge in [0, 0.05) is 31.1 Å². The second-order valence-corrected chi connectivity index (χ2v) is 14.8. The lowest BCUT2D eigenvalue weighted by Crippen LogP contribution is -2.39. The number of rotatable bonds is 9. The molecule has 2 N–H and O–H groups in total. The van der Waals surface area contributed by atoms with Crippen LogP contribution in [0.15, 0.2) is 85.1 Å². The van der Waals surface area contributed by atoms with E-state index in [9.17, 15) is 4.79 Å². The Morgan fingerprint density at radius 2 is 1.76 bits per heavy atom. The van der Waals surface area contributed by atoms with Gasteiger partial charge in [-0.3, -0.25) is 4.79 Å². The highest BCUT2D eigenvalue weighted by Crippen LogP contribution is 2.40. The number of carbonyl (C=O) groups is 1. The van der Waals surface area contributed by atoms with Crippen LogP contribution in [0.3, 0.4) is 0 Å². The molecule has 1 heterocycles. The van der Waals surface area contributed by atoms with Gasteiger partial charge < -0.3 is 15.4 Å². The summed E-state index contributed by atoms with van der Waals surface area (Å²) in [5, 5.41) is 7.35. The van der Waals surface area contributed by atoms with Crippen LogP contribution in [0.1, 0.15) is 85.6 Å². The molecular weight excluding hydrogens is 552 g/mol. The average Bonchev–Trinajstić information content (AvgIpc) is 3.01. The van der Waals surface area contributed by atoms with Crippen LogP contribution < -0.4 is 15.4 Å². The van der Waals surface area contributed by atoms with E-state index in [0.29, 0.717) is 35.9 Å². The molecule has 4 nitrogen and oxygen atoms in total. The maximum absolute atomic E-state index is 14.1. The van der Waals surface area contributed by atoms with Crippen molar-refractivity contribution in [3.05, 3.63) is 90.7 Å². The van der Waals surface area contributed by atoms with Gasteiger partial charge in [-0.25, -0.2) is 0 Å². The third-order valence-electron chi connectivity index (χ3n) is 10.4. The molecule has 4 heteroatoms. The quantitative estimate of drug-likeness (QED) is 0.272. The van der Waals surface area contributed by atoms with E-state index in [4.69, 9.17) is 4.74 Å². The average molecular weight is 615 g/mol. The van der Waals surface area contributed by atoms with Gasteiger partial charge in [-0.2, -0.15) is 0 Å². The molecule has 0 aromatic heterocycles. The number of nitrogens with one attached hydrogen (secondary N) is 2. The van der Waals surface area contributed by atoms with Gasteiger partial charge in [0.05, 0.1) is 13.2 Å². The molecule has 0 amide bonds. The molecule has 3 rings (SSSR count). The lowest BCUT2D eigenvalue weighted by Gasteiger charge is -2.35. The monoisotopic (exact) mass is 614 g/mol.